The molecular weight excluding hydrogens is 473 g/mol. The van der Waals surface area contributed by atoms with E-state index in [0.717, 1.165) is 17.2 Å². The number of aliphatic carboxylic acids is 1. The number of nitrogens with zero attached hydrogens (tertiary/aromatic N) is 1. The Labute approximate surface area is 205 Å². The van der Waals surface area contributed by atoms with Crippen LogP contribution in [0.4, 0.5) is 13.2 Å². The number of nitrogens with two attached hydrogens (primary N) is 1. The summed E-state index contributed by atoms with van der Waals surface area (Å²) in [7, 11) is 0. The van der Waals surface area contributed by atoms with Gasteiger partial charge in [0.25, 0.3) is 0 Å². The predicted molar refractivity (Wildman–Crippen MR) is 127 cm³/mol. The van der Waals surface area contributed by atoms with E-state index in [1.54, 1.807) is 12.1 Å². The summed E-state index contributed by atoms with van der Waals surface area (Å²) in [6.45, 7) is 1.37. The van der Waals surface area contributed by atoms with Gasteiger partial charge >= 0.3 is 12.1 Å². The zero-order chi connectivity index (χ0) is 25.9. The fourth-order valence-electron chi connectivity index (χ4n) is 3.68. The first-order valence-electron chi connectivity index (χ1n) is 11.0. The number of aromatic nitrogens is 1. The van der Waals surface area contributed by atoms with Gasteiger partial charge in [0.1, 0.15) is 17.9 Å². The zero-order valence-corrected chi connectivity index (χ0v) is 19.3. The quantitative estimate of drug-likeness (QED) is 0.299. The van der Waals surface area contributed by atoms with Crippen LogP contribution in [0.2, 0.25) is 0 Å². The lowest BCUT2D eigenvalue weighted by atomic mass is 10.00. The standard InChI is InChI=1S/C27H23F3N2O4/c1-26(31,14-24(33)34)25-32-15-23(36-25)20-11-12-22(21(13-20)27(28,29)30)35-16-17-7-9-19(10-8-17)18-5-3-2-4-6-18/h2-13,15H,14,16,31H2,1H3,(H,33,34)/t26-/m0/s1. The van der Waals surface area contributed by atoms with Gasteiger partial charge in [-0.15, -0.1) is 0 Å². The van der Waals surface area contributed by atoms with Crippen molar-refractivity contribution < 1.29 is 32.2 Å². The summed E-state index contributed by atoms with van der Waals surface area (Å²) >= 11 is 0. The third kappa shape index (κ3) is 5.75. The lowest BCUT2D eigenvalue weighted by Crippen LogP contribution is -2.35. The summed E-state index contributed by atoms with van der Waals surface area (Å²) in [5, 5.41) is 9.00. The molecule has 0 radical (unpaired) electrons. The van der Waals surface area contributed by atoms with Crippen LogP contribution in [0.3, 0.4) is 0 Å². The van der Waals surface area contributed by atoms with Crippen molar-refractivity contribution in [3.05, 3.63) is 96.0 Å². The lowest BCUT2D eigenvalue weighted by Gasteiger charge is -2.18. The first-order valence-corrected chi connectivity index (χ1v) is 11.0. The van der Waals surface area contributed by atoms with Gasteiger partial charge in [-0.25, -0.2) is 4.98 Å². The summed E-state index contributed by atoms with van der Waals surface area (Å²) in [4.78, 5) is 15.0. The van der Waals surface area contributed by atoms with Crippen molar-refractivity contribution in [2.45, 2.75) is 31.7 Å². The van der Waals surface area contributed by atoms with Crippen molar-refractivity contribution >= 4 is 5.97 Å². The molecule has 0 aliphatic heterocycles. The van der Waals surface area contributed by atoms with E-state index in [2.05, 4.69) is 4.98 Å². The largest absolute Gasteiger partial charge is 0.488 e. The van der Waals surface area contributed by atoms with Gasteiger partial charge in [0.15, 0.2) is 5.76 Å². The van der Waals surface area contributed by atoms with E-state index in [-0.39, 0.29) is 29.6 Å². The molecule has 1 aromatic heterocycles. The van der Waals surface area contributed by atoms with Crippen molar-refractivity contribution in [1.29, 1.82) is 0 Å². The van der Waals surface area contributed by atoms with Gasteiger partial charge in [-0.2, -0.15) is 13.2 Å². The Morgan fingerprint density at radius 1 is 1.00 bits per heavy atom. The number of alkyl halides is 3. The number of oxazole rings is 1. The van der Waals surface area contributed by atoms with Crippen LogP contribution in [-0.4, -0.2) is 16.1 Å². The number of hydrogen-bond donors (Lipinski definition) is 2. The third-order valence-electron chi connectivity index (χ3n) is 5.54. The van der Waals surface area contributed by atoms with Crippen molar-refractivity contribution in [3.63, 3.8) is 0 Å². The van der Waals surface area contributed by atoms with Crippen molar-refractivity contribution in [1.82, 2.24) is 4.98 Å². The molecule has 3 aromatic carbocycles. The first kappa shape index (κ1) is 25.0. The molecule has 6 nitrogen and oxygen atoms in total. The van der Waals surface area contributed by atoms with Crippen molar-refractivity contribution in [3.8, 4) is 28.2 Å². The number of carboxylic acid groups (broad SMARTS) is 1. The minimum absolute atomic E-state index is 0.0283. The van der Waals surface area contributed by atoms with E-state index in [9.17, 15) is 18.0 Å². The summed E-state index contributed by atoms with van der Waals surface area (Å²) in [5.41, 5.74) is 6.40. The zero-order valence-electron chi connectivity index (χ0n) is 19.3. The summed E-state index contributed by atoms with van der Waals surface area (Å²) < 4.78 is 52.6. The molecule has 1 heterocycles. The van der Waals surface area contributed by atoms with Crippen LogP contribution in [0.15, 0.2) is 83.4 Å². The summed E-state index contributed by atoms with van der Waals surface area (Å²) in [5.74, 6) is -1.55. The molecule has 4 rings (SSSR count). The van der Waals surface area contributed by atoms with Gasteiger partial charge in [-0.3, -0.25) is 4.79 Å². The van der Waals surface area contributed by atoms with Crippen molar-refractivity contribution in [2.75, 3.05) is 0 Å². The fraction of sp³-hybridized carbons (Fsp3) is 0.185. The second-order valence-electron chi connectivity index (χ2n) is 8.58. The fourth-order valence-corrected chi connectivity index (χ4v) is 3.68. The van der Waals surface area contributed by atoms with Gasteiger partial charge in [0.05, 0.1) is 18.2 Å². The monoisotopic (exact) mass is 496 g/mol. The molecule has 0 aliphatic carbocycles. The SMILES string of the molecule is C[C@](N)(CC(=O)O)c1ncc(-c2ccc(OCc3ccc(-c4ccccc4)cc3)c(C(F)(F)F)c2)o1. The maximum atomic E-state index is 13.8. The Hall–Kier alpha value is -4.11. The van der Waals surface area contributed by atoms with Gasteiger partial charge in [0.2, 0.25) is 5.89 Å². The molecular formula is C27H23F3N2O4. The highest BCUT2D eigenvalue weighted by atomic mass is 19.4. The highest BCUT2D eigenvalue weighted by molar-refractivity contribution is 5.68. The van der Waals surface area contributed by atoms with Crippen LogP contribution in [0, 0.1) is 0 Å². The molecule has 0 bridgehead atoms. The normalized spacial score (nSPS) is 13.2. The van der Waals surface area contributed by atoms with Crippen LogP contribution in [0.5, 0.6) is 5.75 Å². The van der Waals surface area contributed by atoms with E-state index >= 15 is 0 Å². The topological polar surface area (TPSA) is 98.6 Å². The molecule has 36 heavy (non-hydrogen) atoms. The van der Waals surface area contributed by atoms with Crippen molar-refractivity contribution in [2.24, 2.45) is 5.73 Å². The molecule has 0 unspecified atom stereocenters. The minimum atomic E-state index is -4.68. The summed E-state index contributed by atoms with van der Waals surface area (Å²) in [6.07, 6.45) is -3.93. The Morgan fingerprint density at radius 3 is 2.28 bits per heavy atom. The van der Waals surface area contributed by atoms with E-state index in [1.807, 2.05) is 42.5 Å². The number of halogens is 3. The van der Waals surface area contributed by atoms with Crippen LogP contribution in [-0.2, 0) is 23.1 Å². The Balaban J connectivity index is 1.54. The number of benzene rings is 3. The number of carbonyl (C=O) groups is 1. The minimum Gasteiger partial charge on any atom is -0.488 e. The number of rotatable bonds is 8. The Bertz CT molecular complexity index is 1350. The second kappa shape index (κ2) is 9.87. The molecule has 186 valence electrons. The van der Waals surface area contributed by atoms with Gasteiger partial charge < -0.3 is 20.0 Å². The number of carboxylic acids is 1. The van der Waals surface area contributed by atoms with Gasteiger partial charge in [-0.1, -0.05) is 54.6 Å². The average Bonchev–Trinajstić information content (AvgIpc) is 3.34. The van der Waals surface area contributed by atoms with E-state index in [4.69, 9.17) is 20.0 Å². The summed E-state index contributed by atoms with van der Waals surface area (Å²) in [6, 6.07) is 20.7. The third-order valence-corrected chi connectivity index (χ3v) is 5.54. The molecule has 0 saturated heterocycles. The predicted octanol–water partition coefficient (Wildman–Crippen LogP) is 6.26. The Kier molecular flexibility index (Phi) is 6.85. The molecule has 0 spiro atoms. The van der Waals surface area contributed by atoms with Crippen LogP contribution >= 0.6 is 0 Å². The molecule has 0 aliphatic rings. The highest BCUT2D eigenvalue weighted by Crippen LogP contribution is 2.39. The average molecular weight is 496 g/mol. The van der Waals surface area contributed by atoms with Crippen LogP contribution < -0.4 is 10.5 Å². The number of hydrogen-bond acceptors (Lipinski definition) is 5. The Morgan fingerprint density at radius 2 is 1.64 bits per heavy atom. The molecule has 1 atom stereocenters. The van der Waals surface area contributed by atoms with Crippen LogP contribution in [0.1, 0.15) is 30.4 Å². The number of ether oxygens (including phenoxy) is 1. The van der Waals surface area contributed by atoms with Crippen LogP contribution in [0.25, 0.3) is 22.5 Å². The van der Waals surface area contributed by atoms with E-state index in [1.165, 1.54) is 25.3 Å². The van der Waals surface area contributed by atoms with E-state index in [0.29, 0.717) is 5.56 Å². The second-order valence-corrected chi connectivity index (χ2v) is 8.58. The molecule has 0 amide bonds. The van der Waals surface area contributed by atoms with Gasteiger partial charge in [-0.05, 0) is 41.8 Å². The maximum absolute atomic E-state index is 13.8. The molecule has 3 N–H and O–H groups in total. The maximum Gasteiger partial charge on any atom is 0.419 e. The van der Waals surface area contributed by atoms with E-state index < -0.39 is 29.7 Å². The molecule has 9 heteroatoms. The first-order chi connectivity index (χ1) is 17.0. The highest BCUT2D eigenvalue weighted by Gasteiger charge is 2.35. The molecule has 0 fully saturated rings. The molecule has 0 saturated carbocycles. The molecule has 4 aromatic rings. The lowest BCUT2D eigenvalue weighted by molar-refractivity contribution is -0.139. The smallest absolute Gasteiger partial charge is 0.419 e. The van der Waals surface area contributed by atoms with Gasteiger partial charge in [0, 0.05) is 5.56 Å².